The maximum absolute atomic E-state index is 13.5. The Morgan fingerprint density at radius 1 is 1.36 bits per heavy atom. The third kappa shape index (κ3) is 4.07. The molecular formula is C18H24FNO2. The maximum atomic E-state index is 13.5. The molecule has 4 heteroatoms. The van der Waals surface area contributed by atoms with Crippen LogP contribution in [0.2, 0.25) is 0 Å². The van der Waals surface area contributed by atoms with E-state index in [1.807, 2.05) is 11.0 Å². The Hall–Kier alpha value is -1.42. The molecule has 1 heterocycles. The second kappa shape index (κ2) is 6.78. The third-order valence-corrected chi connectivity index (χ3v) is 4.63. The van der Waals surface area contributed by atoms with Crippen LogP contribution in [0.3, 0.4) is 0 Å². The number of halogens is 1. The quantitative estimate of drug-likeness (QED) is 0.808. The lowest BCUT2D eigenvalue weighted by atomic mass is 10.1. The summed E-state index contributed by atoms with van der Waals surface area (Å²) in [6.07, 6.45) is 4.78. The highest BCUT2D eigenvalue weighted by atomic mass is 19.1. The van der Waals surface area contributed by atoms with Gasteiger partial charge in [0.25, 0.3) is 0 Å². The fraction of sp³-hybridized carbons (Fsp3) is 0.611. The number of benzene rings is 1. The summed E-state index contributed by atoms with van der Waals surface area (Å²) in [6, 6.07) is 5.21. The molecule has 1 atom stereocenters. The van der Waals surface area contributed by atoms with Crippen molar-refractivity contribution in [3.8, 4) is 0 Å². The van der Waals surface area contributed by atoms with Crippen LogP contribution in [0.4, 0.5) is 4.39 Å². The normalized spacial score (nSPS) is 21.4. The minimum absolute atomic E-state index is 0.151. The van der Waals surface area contributed by atoms with E-state index < -0.39 is 0 Å². The molecule has 1 unspecified atom stereocenters. The highest BCUT2D eigenvalue weighted by Crippen LogP contribution is 2.30. The third-order valence-electron chi connectivity index (χ3n) is 4.63. The summed E-state index contributed by atoms with van der Waals surface area (Å²) in [6.45, 7) is 4.11. The molecule has 0 spiro atoms. The van der Waals surface area contributed by atoms with E-state index in [1.54, 1.807) is 13.0 Å². The Bertz CT molecular complexity index is 542. The van der Waals surface area contributed by atoms with Gasteiger partial charge in [-0.3, -0.25) is 4.79 Å². The second-order valence-corrected chi connectivity index (χ2v) is 6.61. The van der Waals surface area contributed by atoms with Crippen LogP contribution < -0.4 is 0 Å². The summed E-state index contributed by atoms with van der Waals surface area (Å²) in [5.74, 6) is 0.722. The van der Waals surface area contributed by atoms with Crippen molar-refractivity contribution in [1.82, 2.24) is 4.90 Å². The molecule has 1 aliphatic heterocycles. The van der Waals surface area contributed by atoms with Crippen molar-refractivity contribution in [3.05, 3.63) is 35.1 Å². The van der Waals surface area contributed by atoms with Gasteiger partial charge >= 0.3 is 0 Å². The van der Waals surface area contributed by atoms with Crippen LogP contribution in [-0.4, -0.2) is 36.6 Å². The van der Waals surface area contributed by atoms with Crippen molar-refractivity contribution >= 4 is 5.91 Å². The fourth-order valence-corrected chi connectivity index (χ4v) is 2.85. The highest BCUT2D eigenvalue weighted by Gasteiger charge is 2.29. The van der Waals surface area contributed by atoms with Gasteiger partial charge in [-0.15, -0.1) is 0 Å². The molecule has 1 saturated heterocycles. The molecular weight excluding hydrogens is 281 g/mol. The minimum atomic E-state index is -0.195. The zero-order chi connectivity index (χ0) is 15.5. The number of ether oxygens (including phenoxy) is 1. The number of rotatable bonds is 6. The van der Waals surface area contributed by atoms with Gasteiger partial charge in [0, 0.05) is 26.1 Å². The maximum Gasteiger partial charge on any atom is 0.222 e. The Kier molecular flexibility index (Phi) is 4.77. The number of carbonyl (C=O) groups excluding carboxylic acids is 1. The van der Waals surface area contributed by atoms with E-state index in [9.17, 15) is 9.18 Å². The van der Waals surface area contributed by atoms with Gasteiger partial charge in [0.2, 0.25) is 5.91 Å². The highest BCUT2D eigenvalue weighted by molar-refractivity contribution is 5.76. The van der Waals surface area contributed by atoms with E-state index in [0.717, 1.165) is 31.1 Å². The first-order valence-corrected chi connectivity index (χ1v) is 8.26. The largest absolute Gasteiger partial charge is 0.376 e. The van der Waals surface area contributed by atoms with E-state index in [0.29, 0.717) is 24.9 Å². The van der Waals surface area contributed by atoms with Gasteiger partial charge < -0.3 is 9.64 Å². The van der Waals surface area contributed by atoms with E-state index in [-0.39, 0.29) is 17.8 Å². The van der Waals surface area contributed by atoms with Gasteiger partial charge in [-0.25, -0.2) is 4.39 Å². The van der Waals surface area contributed by atoms with Crippen LogP contribution in [0.5, 0.6) is 0 Å². The molecule has 1 saturated carbocycles. The van der Waals surface area contributed by atoms with Crippen molar-refractivity contribution in [3.63, 3.8) is 0 Å². The monoisotopic (exact) mass is 305 g/mol. The molecule has 3 rings (SSSR count). The fourth-order valence-electron chi connectivity index (χ4n) is 2.85. The summed E-state index contributed by atoms with van der Waals surface area (Å²) in [7, 11) is 0. The Morgan fingerprint density at radius 3 is 2.91 bits per heavy atom. The number of amides is 1. The molecule has 1 aromatic carbocycles. The second-order valence-electron chi connectivity index (χ2n) is 6.61. The smallest absolute Gasteiger partial charge is 0.222 e. The van der Waals surface area contributed by atoms with Gasteiger partial charge in [-0.2, -0.15) is 0 Å². The van der Waals surface area contributed by atoms with Gasteiger partial charge in [-0.1, -0.05) is 12.1 Å². The molecule has 1 amide bonds. The molecule has 0 N–H and O–H groups in total. The van der Waals surface area contributed by atoms with Gasteiger partial charge in [0.15, 0.2) is 0 Å². The van der Waals surface area contributed by atoms with E-state index in [2.05, 4.69) is 0 Å². The average Bonchev–Trinajstić information content (AvgIpc) is 3.22. The Morgan fingerprint density at radius 2 is 2.18 bits per heavy atom. The summed E-state index contributed by atoms with van der Waals surface area (Å²) in [4.78, 5) is 14.1. The van der Waals surface area contributed by atoms with Crippen molar-refractivity contribution in [2.75, 3.05) is 19.7 Å². The molecule has 0 radical (unpaired) electrons. The van der Waals surface area contributed by atoms with Gasteiger partial charge in [0.1, 0.15) is 5.82 Å². The molecule has 120 valence electrons. The topological polar surface area (TPSA) is 29.5 Å². The predicted molar refractivity (Wildman–Crippen MR) is 83.1 cm³/mol. The van der Waals surface area contributed by atoms with Crippen LogP contribution in [-0.2, 0) is 16.0 Å². The summed E-state index contributed by atoms with van der Waals surface area (Å²) in [5, 5.41) is 0. The zero-order valence-electron chi connectivity index (χ0n) is 13.2. The molecule has 3 nitrogen and oxygen atoms in total. The SMILES string of the molecule is Cc1ccc(CCC(=O)N2CCC(OCC3CC3)C2)cc1F. The van der Waals surface area contributed by atoms with Crippen molar-refractivity contribution < 1.29 is 13.9 Å². The first kappa shape index (κ1) is 15.5. The number of aryl methyl sites for hydroxylation is 2. The predicted octanol–water partition coefficient (Wildman–Crippen LogP) is 3.09. The summed E-state index contributed by atoms with van der Waals surface area (Å²) >= 11 is 0. The van der Waals surface area contributed by atoms with Gasteiger partial charge in [-0.05, 0) is 55.7 Å². The van der Waals surface area contributed by atoms with E-state index in [1.165, 1.54) is 18.9 Å². The molecule has 22 heavy (non-hydrogen) atoms. The molecule has 2 fully saturated rings. The Balaban J connectivity index is 1.42. The lowest BCUT2D eigenvalue weighted by Gasteiger charge is -2.17. The van der Waals surface area contributed by atoms with E-state index >= 15 is 0 Å². The number of nitrogens with zero attached hydrogens (tertiary/aromatic N) is 1. The first-order chi connectivity index (χ1) is 10.6. The average molecular weight is 305 g/mol. The van der Waals surface area contributed by atoms with Crippen molar-refractivity contribution in [1.29, 1.82) is 0 Å². The standard InChI is InChI=1S/C18H24FNO2/c1-13-2-3-14(10-17(13)19)6-7-18(21)20-9-8-16(11-20)22-12-15-4-5-15/h2-3,10,15-16H,4-9,11-12H2,1H3. The van der Waals surface area contributed by atoms with Crippen LogP contribution in [0.15, 0.2) is 18.2 Å². The Labute approximate surface area is 131 Å². The molecule has 0 aromatic heterocycles. The number of carbonyl (C=O) groups is 1. The van der Waals surface area contributed by atoms with Crippen LogP contribution >= 0.6 is 0 Å². The van der Waals surface area contributed by atoms with Crippen molar-refractivity contribution in [2.24, 2.45) is 5.92 Å². The van der Waals surface area contributed by atoms with Crippen LogP contribution in [0.1, 0.15) is 36.8 Å². The van der Waals surface area contributed by atoms with Crippen molar-refractivity contribution in [2.45, 2.75) is 45.1 Å². The number of likely N-dealkylation sites (tertiary alicyclic amines) is 1. The van der Waals surface area contributed by atoms with Crippen LogP contribution in [0, 0.1) is 18.7 Å². The lowest BCUT2D eigenvalue weighted by molar-refractivity contribution is -0.130. The number of hydrogen-bond donors (Lipinski definition) is 0. The number of hydrogen-bond acceptors (Lipinski definition) is 2. The zero-order valence-corrected chi connectivity index (χ0v) is 13.2. The molecule has 1 aliphatic carbocycles. The lowest BCUT2D eigenvalue weighted by Crippen LogP contribution is -2.30. The molecule has 1 aromatic rings. The minimum Gasteiger partial charge on any atom is -0.376 e. The van der Waals surface area contributed by atoms with E-state index in [4.69, 9.17) is 4.74 Å². The summed E-state index contributed by atoms with van der Waals surface area (Å²) in [5.41, 5.74) is 1.53. The summed E-state index contributed by atoms with van der Waals surface area (Å²) < 4.78 is 19.4. The molecule has 0 bridgehead atoms. The molecule has 2 aliphatic rings. The van der Waals surface area contributed by atoms with Crippen LogP contribution in [0.25, 0.3) is 0 Å². The first-order valence-electron chi connectivity index (χ1n) is 8.26. The van der Waals surface area contributed by atoms with Gasteiger partial charge in [0.05, 0.1) is 6.10 Å².